The van der Waals surface area contributed by atoms with Crippen molar-refractivity contribution < 1.29 is 8.83 Å². The Morgan fingerprint density at radius 3 is 1.69 bits per heavy atom. The molecular weight excluding hydrogens is 1050 g/mol. The Kier molecular flexibility index (Phi) is 10.0. The Morgan fingerprint density at radius 1 is 0.289 bits per heavy atom. The van der Waals surface area contributed by atoms with Crippen LogP contribution in [-0.4, -0.2) is 19.5 Å². The lowest BCUT2D eigenvalue weighted by Crippen LogP contribution is -2.00. The molecule has 0 saturated heterocycles. The van der Waals surface area contributed by atoms with Crippen LogP contribution in [0, 0.1) is 0 Å². The maximum Gasteiger partial charge on any atom is 0.164 e. The van der Waals surface area contributed by atoms with Crippen molar-refractivity contribution in [2.45, 2.75) is 0 Å². The van der Waals surface area contributed by atoms with Crippen LogP contribution >= 0.6 is 22.7 Å². The Hall–Kier alpha value is -10.5. The van der Waals surface area contributed by atoms with E-state index in [9.17, 15) is 0 Å². The van der Waals surface area contributed by atoms with Crippen LogP contribution in [0.1, 0.15) is 0 Å². The van der Waals surface area contributed by atoms with E-state index in [0.717, 1.165) is 110 Å². The fraction of sp³-hybridized carbons (Fsp3) is 0. The van der Waals surface area contributed by atoms with E-state index in [1.807, 2.05) is 29.5 Å². The molecular formula is C75H42N4O2S2. The first-order valence-electron chi connectivity index (χ1n) is 27.8. The van der Waals surface area contributed by atoms with E-state index in [2.05, 4.69) is 241 Å². The summed E-state index contributed by atoms with van der Waals surface area (Å²) in [6, 6.07) is 90.7. The highest BCUT2D eigenvalue weighted by Gasteiger charge is 2.23. The van der Waals surface area contributed by atoms with Crippen molar-refractivity contribution in [1.29, 1.82) is 0 Å². The van der Waals surface area contributed by atoms with Gasteiger partial charge in [0.1, 0.15) is 22.3 Å². The number of benzene rings is 12. The molecule has 18 aromatic rings. The topological polar surface area (TPSA) is 69.9 Å². The van der Waals surface area contributed by atoms with Gasteiger partial charge in [-0.2, -0.15) is 0 Å². The average Bonchev–Trinajstić information content (AvgIpc) is 4.57. The van der Waals surface area contributed by atoms with Crippen LogP contribution < -0.4 is 0 Å². The third-order valence-electron chi connectivity index (χ3n) is 16.7. The van der Waals surface area contributed by atoms with Crippen molar-refractivity contribution in [3.05, 3.63) is 255 Å². The third kappa shape index (κ3) is 7.17. The summed E-state index contributed by atoms with van der Waals surface area (Å²) in [5.74, 6) is 1.77. The number of furan rings is 2. The van der Waals surface area contributed by atoms with E-state index in [4.69, 9.17) is 23.8 Å². The van der Waals surface area contributed by atoms with E-state index in [1.165, 1.54) is 52.2 Å². The summed E-state index contributed by atoms with van der Waals surface area (Å²) in [5.41, 5.74) is 16.3. The largest absolute Gasteiger partial charge is 0.456 e. The highest BCUT2D eigenvalue weighted by molar-refractivity contribution is 7.26. The van der Waals surface area contributed by atoms with Crippen molar-refractivity contribution >= 4 is 129 Å². The van der Waals surface area contributed by atoms with E-state index in [0.29, 0.717) is 17.5 Å². The molecule has 8 heteroatoms. The lowest BCUT2D eigenvalue weighted by molar-refractivity contribution is 0.669. The second kappa shape index (κ2) is 18.0. The Labute approximate surface area is 482 Å². The zero-order valence-corrected chi connectivity index (χ0v) is 45.8. The third-order valence-corrected chi connectivity index (χ3v) is 19.0. The minimum atomic E-state index is 0.570. The predicted octanol–water partition coefficient (Wildman–Crippen LogP) is 21.5. The van der Waals surface area contributed by atoms with E-state index in [-0.39, 0.29) is 0 Å². The van der Waals surface area contributed by atoms with Crippen LogP contribution in [0.3, 0.4) is 0 Å². The number of fused-ring (bicyclic) bond motifs is 15. The molecule has 0 fully saturated rings. The molecule has 6 aromatic heterocycles. The van der Waals surface area contributed by atoms with Gasteiger partial charge in [-0.05, 0) is 107 Å². The number of hydrogen-bond donors (Lipinski definition) is 0. The SMILES string of the molecule is c1ccc(-c2nc(-c3ccc4c(c3)oc3cc(-c5cccc6sc7ccccc7c56)ccc34)nc(-c3cccc4sc5c(-c6cccc7c6oc6ccc(-c8ccc9c(c8)c8ccccc8n9-c8ccccc8)cc67)cccc5c34)n2)cc1. The maximum absolute atomic E-state index is 6.89. The van der Waals surface area contributed by atoms with Crippen molar-refractivity contribution in [3.63, 3.8) is 0 Å². The molecule has 0 unspecified atom stereocenters. The molecule has 83 heavy (non-hydrogen) atoms. The predicted molar refractivity (Wildman–Crippen MR) is 347 cm³/mol. The molecule has 386 valence electrons. The Bertz CT molecular complexity index is 5710. The summed E-state index contributed by atoms with van der Waals surface area (Å²) in [5, 5.41) is 11.5. The molecule has 0 radical (unpaired) electrons. The highest BCUT2D eigenvalue weighted by atomic mass is 32.1. The van der Waals surface area contributed by atoms with E-state index < -0.39 is 0 Å². The van der Waals surface area contributed by atoms with E-state index >= 15 is 0 Å². The minimum absolute atomic E-state index is 0.570. The van der Waals surface area contributed by atoms with Crippen LogP contribution in [0.15, 0.2) is 264 Å². The number of aromatic nitrogens is 4. The Morgan fingerprint density at radius 2 is 0.855 bits per heavy atom. The summed E-state index contributed by atoms with van der Waals surface area (Å²) in [6.45, 7) is 0. The van der Waals surface area contributed by atoms with Gasteiger partial charge in [0.2, 0.25) is 0 Å². The van der Waals surface area contributed by atoms with Gasteiger partial charge < -0.3 is 13.4 Å². The summed E-state index contributed by atoms with van der Waals surface area (Å²) < 4.78 is 20.9. The quantitative estimate of drug-likeness (QED) is 0.159. The first kappa shape index (κ1) is 46.3. The standard InChI is InChI=1S/C75H42N4O2S2/c1-3-15-43(16-4-1)73-76-74(47-32-36-52-51-35-31-46(41-64(51)80-65(52)42-47)49-21-13-29-67-69(49)56-20-8-10-28-66(56)82-67)78-75(77-73)58-26-14-30-68-70(58)57-25-12-24-55(72(57)83-68)53-22-11-23-54-60-40-45(34-38-63(60)81-71(53)54)44-33-37-62-59(39-44)50-19-7-9-27-61(50)79(62)48-17-5-2-6-18-48/h1-42H. The van der Waals surface area contributed by atoms with Crippen molar-refractivity contribution in [1.82, 2.24) is 19.5 Å². The number of para-hydroxylation sites is 3. The second-order valence-electron chi connectivity index (χ2n) is 21.4. The minimum Gasteiger partial charge on any atom is -0.456 e. The molecule has 18 rings (SSSR count). The fourth-order valence-corrected chi connectivity index (χ4v) is 15.3. The molecule has 12 aromatic carbocycles. The van der Waals surface area contributed by atoms with Crippen LogP contribution in [0.4, 0.5) is 0 Å². The van der Waals surface area contributed by atoms with Gasteiger partial charge >= 0.3 is 0 Å². The van der Waals surface area contributed by atoms with Crippen LogP contribution in [0.25, 0.3) is 179 Å². The zero-order chi connectivity index (χ0) is 54.3. The molecule has 0 aliphatic heterocycles. The maximum atomic E-state index is 6.89. The van der Waals surface area contributed by atoms with Gasteiger partial charge in [-0.1, -0.05) is 170 Å². The van der Waals surface area contributed by atoms with Gasteiger partial charge in [-0.3, -0.25) is 0 Å². The molecule has 6 nitrogen and oxygen atoms in total. The zero-order valence-electron chi connectivity index (χ0n) is 44.2. The number of hydrogen-bond acceptors (Lipinski definition) is 7. The van der Waals surface area contributed by atoms with Crippen LogP contribution in [0.5, 0.6) is 0 Å². The molecule has 0 aliphatic carbocycles. The molecule has 0 N–H and O–H groups in total. The van der Waals surface area contributed by atoms with Gasteiger partial charge in [0.25, 0.3) is 0 Å². The fourth-order valence-electron chi connectivity index (χ4n) is 12.9. The molecule has 0 bridgehead atoms. The monoisotopic (exact) mass is 1090 g/mol. The van der Waals surface area contributed by atoms with Crippen molar-refractivity contribution in [2.75, 3.05) is 0 Å². The first-order valence-corrected chi connectivity index (χ1v) is 29.4. The Balaban J connectivity index is 0.737. The molecule has 0 aliphatic rings. The van der Waals surface area contributed by atoms with Gasteiger partial charge in [0.05, 0.1) is 11.0 Å². The van der Waals surface area contributed by atoms with Crippen LogP contribution in [0.2, 0.25) is 0 Å². The normalized spacial score (nSPS) is 12.1. The first-order chi connectivity index (χ1) is 41.1. The van der Waals surface area contributed by atoms with Gasteiger partial charge in [-0.25, -0.2) is 15.0 Å². The van der Waals surface area contributed by atoms with E-state index in [1.54, 1.807) is 11.3 Å². The second-order valence-corrected chi connectivity index (χ2v) is 23.5. The summed E-state index contributed by atoms with van der Waals surface area (Å²) in [4.78, 5) is 15.8. The molecule has 0 saturated carbocycles. The summed E-state index contributed by atoms with van der Waals surface area (Å²) >= 11 is 3.62. The van der Waals surface area contributed by atoms with Crippen LogP contribution in [-0.2, 0) is 0 Å². The number of rotatable bonds is 7. The molecule has 0 spiro atoms. The molecule has 6 heterocycles. The summed E-state index contributed by atoms with van der Waals surface area (Å²) in [6.07, 6.45) is 0. The summed E-state index contributed by atoms with van der Waals surface area (Å²) in [7, 11) is 0. The molecule has 0 atom stereocenters. The van der Waals surface area contributed by atoms with Crippen molar-refractivity contribution in [3.8, 4) is 73.2 Å². The average molecular weight is 1100 g/mol. The van der Waals surface area contributed by atoms with Gasteiger partial charge in [0, 0.05) is 106 Å². The highest BCUT2D eigenvalue weighted by Crippen LogP contribution is 2.48. The number of thiophene rings is 2. The lowest BCUT2D eigenvalue weighted by atomic mass is 9.98. The number of nitrogens with zero attached hydrogens (tertiary/aromatic N) is 4. The lowest BCUT2D eigenvalue weighted by Gasteiger charge is -2.10. The van der Waals surface area contributed by atoms with Gasteiger partial charge in [-0.15, -0.1) is 22.7 Å². The van der Waals surface area contributed by atoms with Crippen molar-refractivity contribution in [2.24, 2.45) is 0 Å². The van der Waals surface area contributed by atoms with Gasteiger partial charge in [0.15, 0.2) is 17.5 Å². The molecule has 0 amide bonds. The smallest absolute Gasteiger partial charge is 0.164 e.